The molecule has 0 radical (unpaired) electrons. The molecule has 8 heteroatoms. The largest absolute Gasteiger partial charge is 0.502 e. The number of anilines is 2. The Morgan fingerprint density at radius 3 is 2.68 bits per heavy atom. The highest BCUT2D eigenvalue weighted by Gasteiger charge is 2.22. The lowest BCUT2D eigenvalue weighted by atomic mass is 10.1. The fourth-order valence-corrected chi connectivity index (χ4v) is 2.70. The highest BCUT2D eigenvalue weighted by atomic mass is 16.6. The molecule has 1 saturated heterocycles. The molecular weight excluding hydrogens is 326 g/mol. The Bertz CT molecular complexity index is 865. The van der Waals surface area contributed by atoms with Crippen molar-refractivity contribution in [2.24, 2.45) is 0 Å². The van der Waals surface area contributed by atoms with Gasteiger partial charge in [0.1, 0.15) is 0 Å². The van der Waals surface area contributed by atoms with Gasteiger partial charge in [-0.15, -0.1) is 0 Å². The molecule has 3 rings (SSSR count). The van der Waals surface area contributed by atoms with Crippen LogP contribution in [0.3, 0.4) is 0 Å². The van der Waals surface area contributed by atoms with Gasteiger partial charge in [-0.1, -0.05) is 6.07 Å². The molecule has 0 aromatic heterocycles. The second-order valence-electron chi connectivity index (χ2n) is 5.61. The Morgan fingerprint density at radius 2 is 2.04 bits per heavy atom. The molecule has 0 unspecified atom stereocenters. The molecular formula is C17H15N3O5. The van der Waals surface area contributed by atoms with Crippen LogP contribution in [0.4, 0.5) is 17.1 Å². The monoisotopic (exact) mass is 341 g/mol. The van der Waals surface area contributed by atoms with Gasteiger partial charge >= 0.3 is 5.69 Å². The fourth-order valence-electron chi connectivity index (χ4n) is 2.70. The van der Waals surface area contributed by atoms with E-state index in [9.17, 15) is 24.8 Å². The zero-order chi connectivity index (χ0) is 18.0. The van der Waals surface area contributed by atoms with E-state index in [1.54, 1.807) is 29.2 Å². The van der Waals surface area contributed by atoms with Crippen molar-refractivity contribution in [1.82, 2.24) is 0 Å². The number of aromatic hydroxyl groups is 1. The van der Waals surface area contributed by atoms with Crippen LogP contribution in [0.1, 0.15) is 23.2 Å². The molecule has 1 fully saturated rings. The van der Waals surface area contributed by atoms with E-state index in [0.29, 0.717) is 24.3 Å². The SMILES string of the molecule is O=C(Nc1cccc(N2CCCC2=O)c1)c1ccc([N+](=O)[O-])c(O)c1. The normalized spacial score (nSPS) is 13.8. The zero-order valence-electron chi connectivity index (χ0n) is 13.1. The smallest absolute Gasteiger partial charge is 0.310 e. The molecule has 2 aromatic carbocycles. The Labute approximate surface area is 142 Å². The number of benzene rings is 2. The van der Waals surface area contributed by atoms with Crippen LogP contribution in [0.2, 0.25) is 0 Å². The molecule has 0 bridgehead atoms. The number of carbonyl (C=O) groups excluding carboxylic acids is 2. The summed E-state index contributed by atoms with van der Waals surface area (Å²) in [5.74, 6) is -1.05. The van der Waals surface area contributed by atoms with Gasteiger partial charge < -0.3 is 15.3 Å². The molecule has 25 heavy (non-hydrogen) atoms. The van der Waals surface area contributed by atoms with Gasteiger partial charge in [-0.25, -0.2) is 0 Å². The second kappa shape index (κ2) is 6.60. The number of phenols is 1. The standard InChI is InChI=1S/C17H15N3O5/c21-15-9-11(6-7-14(15)20(24)25)17(23)18-12-3-1-4-13(10-12)19-8-2-5-16(19)22/h1,3-4,6-7,9-10,21H,2,5,8H2,(H,18,23). The molecule has 2 amide bonds. The number of rotatable bonds is 4. The number of nitrogens with zero attached hydrogens (tertiary/aromatic N) is 2. The van der Waals surface area contributed by atoms with Crippen LogP contribution >= 0.6 is 0 Å². The molecule has 0 spiro atoms. The number of hydrogen-bond donors (Lipinski definition) is 2. The first-order valence-corrected chi connectivity index (χ1v) is 7.65. The number of carbonyl (C=O) groups is 2. The van der Waals surface area contributed by atoms with Crippen molar-refractivity contribution in [2.45, 2.75) is 12.8 Å². The van der Waals surface area contributed by atoms with Crippen molar-refractivity contribution >= 4 is 28.9 Å². The molecule has 1 aliphatic heterocycles. The average molecular weight is 341 g/mol. The van der Waals surface area contributed by atoms with Gasteiger partial charge in [0.15, 0.2) is 5.75 Å². The lowest BCUT2D eigenvalue weighted by Crippen LogP contribution is -2.23. The maximum atomic E-state index is 12.3. The lowest BCUT2D eigenvalue weighted by Gasteiger charge is -2.16. The molecule has 2 aromatic rings. The molecule has 0 aliphatic carbocycles. The first kappa shape index (κ1) is 16.4. The van der Waals surface area contributed by atoms with Crippen LogP contribution in [0.15, 0.2) is 42.5 Å². The average Bonchev–Trinajstić information content (AvgIpc) is 3.00. The third-order valence-electron chi connectivity index (χ3n) is 3.92. The molecule has 8 nitrogen and oxygen atoms in total. The number of nitro groups is 1. The molecule has 1 aliphatic rings. The number of amides is 2. The lowest BCUT2D eigenvalue weighted by molar-refractivity contribution is -0.385. The van der Waals surface area contributed by atoms with Crippen LogP contribution < -0.4 is 10.2 Å². The van der Waals surface area contributed by atoms with Crippen LogP contribution in [0.5, 0.6) is 5.75 Å². The predicted octanol–water partition coefficient (Wildman–Crippen LogP) is 2.68. The molecule has 0 saturated carbocycles. The Kier molecular flexibility index (Phi) is 4.34. The van der Waals surface area contributed by atoms with E-state index in [-0.39, 0.29) is 11.5 Å². The van der Waals surface area contributed by atoms with Gasteiger partial charge in [0.05, 0.1) is 4.92 Å². The highest BCUT2D eigenvalue weighted by molar-refractivity contribution is 6.05. The van der Waals surface area contributed by atoms with Crippen molar-refractivity contribution in [3.8, 4) is 5.75 Å². The summed E-state index contributed by atoms with van der Waals surface area (Å²) in [6, 6.07) is 10.3. The summed E-state index contributed by atoms with van der Waals surface area (Å²) >= 11 is 0. The van der Waals surface area contributed by atoms with Crippen LogP contribution in [-0.2, 0) is 4.79 Å². The van der Waals surface area contributed by atoms with Crippen molar-refractivity contribution in [2.75, 3.05) is 16.8 Å². The zero-order valence-corrected chi connectivity index (χ0v) is 13.1. The number of nitro benzene ring substituents is 1. The third kappa shape index (κ3) is 3.42. The van der Waals surface area contributed by atoms with Gasteiger partial charge in [0, 0.05) is 36.0 Å². The minimum atomic E-state index is -0.729. The fraction of sp³-hybridized carbons (Fsp3) is 0.176. The quantitative estimate of drug-likeness (QED) is 0.656. The van der Waals surface area contributed by atoms with Gasteiger partial charge in [0.2, 0.25) is 5.91 Å². The van der Waals surface area contributed by atoms with E-state index < -0.39 is 22.3 Å². The van der Waals surface area contributed by atoms with E-state index in [0.717, 1.165) is 18.6 Å². The maximum absolute atomic E-state index is 12.3. The minimum absolute atomic E-state index is 0.0452. The number of nitrogens with one attached hydrogen (secondary N) is 1. The topological polar surface area (TPSA) is 113 Å². The second-order valence-corrected chi connectivity index (χ2v) is 5.61. The minimum Gasteiger partial charge on any atom is -0.502 e. The van der Waals surface area contributed by atoms with E-state index in [2.05, 4.69) is 5.32 Å². The predicted molar refractivity (Wildman–Crippen MR) is 90.7 cm³/mol. The summed E-state index contributed by atoms with van der Waals surface area (Å²) in [4.78, 5) is 35.7. The van der Waals surface area contributed by atoms with Crippen molar-refractivity contribution in [1.29, 1.82) is 0 Å². The van der Waals surface area contributed by atoms with Gasteiger partial charge in [-0.05, 0) is 36.8 Å². The Hall–Kier alpha value is -3.42. The summed E-state index contributed by atoms with van der Waals surface area (Å²) in [6.07, 6.45) is 1.32. The maximum Gasteiger partial charge on any atom is 0.310 e. The van der Waals surface area contributed by atoms with E-state index in [1.165, 1.54) is 6.07 Å². The van der Waals surface area contributed by atoms with Crippen LogP contribution in [-0.4, -0.2) is 28.4 Å². The van der Waals surface area contributed by atoms with E-state index in [1.807, 2.05) is 0 Å². The van der Waals surface area contributed by atoms with Crippen molar-refractivity contribution in [3.63, 3.8) is 0 Å². The van der Waals surface area contributed by atoms with Gasteiger partial charge in [0.25, 0.3) is 5.91 Å². The summed E-state index contributed by atoms with van der Waals surface area (Å²) < 4.78 is 0. The van der Waals surface area contributed by atoms with E-state index in [4.69, 9.17) is 0 Å². The first-order valence-electron chi connectivity index (χ1n) is 7.65. The Balaban J connectivity index is 1.78. The summed E-state index contributed by atoms with van der Waals surface area (Å²) in [7, 11) is 0. The molecule has 2 N–H and O–H groups in total. The Morgan fingerprint density at radius 1 is 1.24 bits per heavy atom. The van der Waals surface area contributed by atoms with E-state index >= 15 is 0 Å². The van der Waals surface area contributed by atoms with Crippen LogP contribution in [0.25, 0.3) is 0 Å². The van der Waals surface area contributed by atoms with Crippen molar-refractivity contribution < 1.29 is 19.6 Å². The first-order chi connectivity index (χ1) is 12.0. The summed E-state index contributed by atoms with van der Waals surface area (Å²) in [5, 5.41) is 23.0. The summed E-state index contributed by atoms with van der Waals surface area (Å²) in [6.45, 7) is 0.645. The highest BCUT2D eigenvalue weighted by Crippen LogP contribution is 2.27. The third-order valence-corrected chi connectivity index (χ3v) is 3.92. The van der Waals surface area contributed by atoms with Crippen LogP contribution in [0, 0.1) is 10.1 Å². The molecule has 1 heterocycles. The number of hydrogen-bond acceptors (Lipinski definition) is 5. The molecule has 128 valence electrons. The summed E-state index contributed by atoms with van der Waals surface area (Å²) in [5.41, 5.74) is 0.809. The van der Waals surface area contributed by atoms with Gasteiger partial charge in [-0.2, -0.15) is 0 Å². The van der Waals surface area contributed by atoms with Crippen molar-refractivity contribution in [3.05, 3.63) is 58.1 Å². The van der Waals surface area contributed by atoms with Gasteiger partial charge in [-0.3, -0.25) is 19.7 Å². The number of phenolic OH excluding ortho intramolecular Hbond substituents is 1. The molecule has 0 atom stereocenters.